The highest BCUT2D eigenvalue weighted by molar-refractivity contribution is 5.95. The smallest absolute Gasteiger partial charge is 0.271 e. The number of carbonyl (C=O) groups excluding carboxylic acids is 2. The highest BCUT2D eigenvalue weighted by atomic mass is 16.6. The molecule has 7 heteroatoms. The predicted molar refractivity (Wildman–Crippen MR) is 90.9 cm³/mol. The molecule has 1 aromatic rings. The van der Waals surface area contributed by atoms with Crippen LogP contribution in [0.4, 0.5) is 11.4 Å². The van der Waals surface area contributed by atoms with Gasteiger partial charge in [0.05, 0.1) is 10.6 Å². The van der Waals surface area contributed by atoms with Crippen molar-refractivity contribution in [3.05, 3.63) is 33.9 Å². The normalized spacial score (nSPS) is 13.5. The van der Waals surface area contributed by atoms with Gasteiger partial charge in [-0.3, -0.25) is 19.7 Å². The van der Waals surface area contributed by atoms with E-state index >= 15 is 0 Å². The van der Waals surface area contributed by atoms with Gasteiger partial charge in [-0.2, -0.15) is 0 Å². The Morgan fingerprint density at radius 3 is 2.67 bits per heavy atom. The molecule has 2 rings (SSSR count). The van der Waals surface area contributed by atoms with Gasteiger partial charge < -0.3 is 10.2 Å². The quantitative estimate of drug-likeness (QED) is 0.509. The Hall–Kier alpha value is -2.44. The lowest BCUT2D eigenvalue weighted by Gasteiger charge is -2.19. The first kappa shape index (κ1) is 17.9. The number of nitro benzene ring substituents is 1. The zero-order valence-corrected chi connectivity index (χ0v) is 14.3. The van der Waals surface area contributed by atoms with Gasteiger partial charge in [0.2, 0.25) is 11.8 Å². The van der Waals surface area contributed by atoms with Crippen LogP contribution in [0.5, 0.6) is 0 Å². The van der Waals surface area contributed by atoms with Gasteiger partial charge in [-0.1, -0.05) is 26.8 Å². The molecule has 1 heterocycles. The fourth-order valence-electron chi connectivity index (χ4n) is 2.58. The van der Waals surface area contributed by atoms with Crippen molar-refractivity contribution in [2.75, 3.05) is 18.0 Å². The van der Waals surface area contributed by atoms with Crippen molar-refractivity contribution in [1.82, 2.24) is 5.32 Å². The molecule has 1 aromatic carbocycles. The van der Waals surface area contributed by atoms with Crippen LogP contribution in [0.3, 0.4) is 0 Å². The van der Waals surface area contributed by atoms with Gasteiger partial charge in [0.15, 0.2) is 0 Å². The van der Waals surface area contributed by atoms with E-state index in [-0.39, 0.29) is 17.5 Å². The van der Waals surface area contributed by atoms with E-state index in [1.54, 1.807) is 11.0 Å². The van der Waals surface area contributed by atoms with Crippen molar-refractivity contribution in [1.29, 1.82) is 0 Å². The maximum Gasteiger partial charge on any atom is 0.271 e. The van der Waals surface area contributed by atoms with E-state index in [9.17, 15) is 19.7 Å². The summed E-state index contributed by atoms with van der Waals surface area (Å²) in [6.45, 7) is 6.49. The summed E-state index contributed by atoms with van der Waals surface area (Å²) in [6.07, 6.45) is 1.55. The van der Waals surface area contributed by atoms with Crippen LogP contribution in [0.1, 0.15) is 39.2 Å². The predicted octanol–water partition coefficient (Wildman–Crippen LogP) is 2.43. The van der Waals surface area contributed by atoms with Gasteiger partial charge >= 0.3 is 0 Å². The molecule has 1 N–H and O–H groups in total. The maximum atomic E-state index is 12.4. The fourth-order valence-corrected chi connectivity index (χ4v) is 2.58. The topological polar surface area (TPSA) is 92.6 Å². The highest BCUT2D eigenvalue weighted by Gasteiger charge is 2.26. The molecule has 2 amide bonds. The van der Waals surface area contributed by atoms with E-state index in [0.29, 0.717) is 38.0 Å². The summed E-state index contributed by atoms with van der Waals surface area (Å²) in [4.78, 5) is 36.2. The second kappa shape index (κ2) is 6.98. The first-order valence-corrected chi connectivity index (χ1v) is 8.06. The molecule has 0 fully saturated rings. The molecular formula is C17H23N3O4. The van der Waals surface area contributed by atoms with Crippen molar-refractivity contribution in [2.45, 2.75) is 40.0 Å². The Bertz CT molecular complexity index is 664. The summed E-state index contributed by atoms with van der Waals surface area (Å²) >= 11 is 0. The number of nitrogens with zero attached hydrogens (tertiary/aromatic N) is 2. The lowest BCUT2D eigenvalue weighted by atomic mass is 9.96. The van der Waals surface area contributed by atoms with E-state index in [0.717, 1.165) is 5.56 Å². The third kappa shape index (κ3) is 4.10. The largest absolute Gasteiger partial charge is 0.356 e. The van der Waals surface area contributed by atoms with E-state index < -0.39 is 10.3 Å². The van der Waals surface area contributed by atoms with E-state index in [1.165, 1.54) is 12.1 Å². The van der Waals surface area contributed by atoms with Gasteiger partial charge in [-0.15, -0.1) is 0 Å². The molecule has 1 aliphatic heterocycles. The number of hydrogen-bond donors (Lipinski definition) is 1. The molecule has 0 spiro atoms. The van der Waals surface area contributed by atoms with Crippen molar-refractivity contribution >= 4 is 23.2 Å². The fraction of sp³-hybridized carbons (Fsp3) is 0.529. The summed E-state index contributed by atoms with van der Waals surface area (Å²) in [5, 5.41) is 13.7. The SMILES string of the molecule is CC(C)(C)C(=O)NCCCC(=O)N1CCc2ccc([N+](=O)[O-])cc21. The summed E-state index contributed by atoms with van der Waals surface area (Å²) in [5.41, 5.74) is 1.13. The Labute approximate surface area is 141 Å². The molecule has 0 unspecified atom stereocenters. The Balaban J connectivity index is 1.90. The van der Waals surface area contributed by atoms with Gasteiger partial charge in [0.1, 0.15) is 0 Å². The number of fused-ring (bicyclic) bond motifs is 1. The number of hydrogen-bond acceptors (Lipinski definition) is 4. The zero-order chi connectivity index (χ0) is 17.9. The molecule has 0 saturated carbocycles. The highest BCUT2D eigenvalue weighted by Crippen LogP contribution is 2.32. The number of nitro groups is 1. The van der Waals surface area contributed by atoms with Crippen LogP contribution in [0.15, 0.2) is 18.2 Å². The number of amides is 2. The van der Waals surface area contributed by atoms with Crippen LogP contribution in [-0.2, 0) is 16.0 Å². The minimum Gasteiger partial charge on any atom is -0.356 e. The van der Waals surface area contributed by atoms with Crippen LogP contribution in [-0.4, -0.2) is 29.8 Å². The molecule has 130 valence electrons. The molecule has 0 bridgehead atoms. The van der Waals surface area contributed by atoms with Crippen molar-refractivity contribution < 1.29 is 14.5 Å². The van der Waals surface area contributed by atoms with Gasteiger partial charge in [-0.25, -0.2) is 0 Å². The van der Waals surface area contributed by atoms with E-state index in [4.69, 9.17) is 0 Å². The monoisotopic (exact) mass is 333 g/mol. The van der Waals surface area contributed by atoms with E-state index in [2.05, 4.69) is 5.32 Å². The second-order valence-electron chi connectivity index (χ2n) is 6.97. The van der Waals surface area contributed by atoms with Crippen LogP contribution >= 0.6 is 0 Å². The van der Waals surface area contributed by atoms with E-state index in [1.807, 2.05) is 20.8 Å². The Morgan fingerprint density at radius 2 is 2.04 bits per heavy atom. The maximum absolute atomic E-state index is 12.4. The van der Waals surface area contributed by atoms with Crippen LogP contribution < -0.4 is 10.2 Å². The van der Waals surface area contributed by atoms with Crippen molar-refractivity contribution in [3.8, 4) is 0 Å². The first-order valence-electron chi connectivity index (χ1n) is 8.06. The molecule has 7 nitrogen and oxygen atoms in total. The number of rotatable bonds is 5. The third-order valence-corrected chi connectivity index (χ3v) is 4.01. The summed E-state index contributed by atoms with van der Waals surface area (Å²) < 4.78 is 0. The third-order valence-electron chi connectivity index (χ3n) is 4.01. The second-order valence-corrected chi connectivity index (χ2v) is 6.97. The van der Waals surface area contributed by atoms with Gasteiger partial charge in [0.25, 0.3) is 5.69 Å². The minimum absolute atomic E-state index is 0.00843. The molecular weight excluding hydrogens is 310 g/mol. The summed E-state index contributed by atoms with van der Waals surface area (Å²) in [7, 11) is 0. The molecule has 0 aromatic heterocycles. The lowest BCUT2D eigenvalue weighted by Crippen LogP contribution is -2.36. The molecule has 0 saturated heterocycles. The number of carbonyl (C=O) groups is 2. The number of non-ortho nitro benzene ring substituents is 1. The molecule has 0 radical (unpaired) electrons. The van der Waals surface area contributed by atoms with Crippen LogP contribution in [0.25, 0.3) is 0 Å². The Morgan fingerprint density at radius 1 is 1.33 bits per heavy atom. The Kier molecular flexibility index (Phi) is 5.21. The van der Waals surface area contributed by atoms with Gasteiger partial charge in [0, 0.05) is 37.1 Å². The molecule has 1 aliphatic rings. The average molecular weight is 333 g/mol. The molecule has 0 atom stereocenters. The number of nitrogens with one attached hydrogen (secondary N) is 1. The minimum atomic E-state index is -0.455. The van der Waals surface area contributed by atoms with Gasteiger partial charge in [-0.05, 0) is 18.4 Å². The summed E-state index contributed by atoms with van der Waals surface area (Å²) in [6, 6.07) is 4.64. The summed E-state index contributed by atoms with van der Waals surface area (Å²) in [5.74, 6) is -0.114. The lowest BCUT2D eigenvalue weighted by molar-refractivity contribution is -0.384. The molecule has 0 aliphatic carbocycles. The molecule has 24 heavy (non-hydrogen) atoms. The van der Waals surface area contributed by atoms with Crippen molar-refractivity contribution in [3.63, 3.8) is 0 Å². The zero-order valence-electron chi connectivity index (χ0n) is 14.3. The van der Waals surface area contributed by atoms with Crippen LogP contribution in [0.2, 0.25) is 0 Å². The first-order chi connectivity index (χ1) is 11.2. The number of benzene rings is 1. The number of anilines is 1. The average Bonchev–Trinajstić information content (AvgIpc) is 2.93. The van der Waals surface area contributed by atoms with Crippen molar-refractivity contribution in [2.24, 2.45) is 5.41 Å². The van der Waals surface area contributed by atoms with Crippen LogP contribution in [0, 0.1) is 15.5 Å². The standard InChI is InChI=1S/C17H23N3O4/c1-17(2,3)16(22)18-9-4-5-15(21)19-10-8-12-6-7-13(20(23)24)11-14(12)19/h6-7,11H,4-5,8-10H2,1-3H3,(H,18,22).